The molecule has 0 radical (unpaired) electrons. The molecule has 1 aliphatic rings. The Morgan fingerprint density at radius 3 is 1.91 bits per heavy atom. The van der Waals surface area contributed by atoms with Crippen molar-refractivity contribution in [3.63, 3.8) is 0 Å². The zero-order valence-electron chi connectivity index (χ0n) is 11.9. The van der Waals surface area contributed by atoms with Gasteiger partial charge in [0.1, 0.15) is 11.5 Å². The molecule has 0 unspecified atom stereocenters. The lowest BCUT2D eigenvalue weighted by Crippen LogP contribution is -2.52. The quantitative estimate of drug-likeness (QED) is 0.571. The van der Waals surface area contributed by atoms with E-state index in [1.807, 2.05) is 6.07 Å². The van der Waals surface area contributed by atoms with Crippen LogP contribution in [0.25, 0.3) is 0 Å². The molecule has 116 valence electrons. The van der Waals surface area contributed by atoms with Gasteiger partial charge >= 0.3 is 5.97 Å². The van der Waals surface area contributed by atoms with Gasteiger partial charge in [-0.25, -0.2) is 4.79 Å². The van der Waals surface area contributed by atoms with Gasteiger partial charge in [0.15, 0.2) is 5.66 Å². The number of para-hydroxylation sites is 2. The van der Waals surface area contributed by atoms with Crippen molar-refractivity contribution in [1.29, 1.82) is 0 Å². The Bertz CT molecular complexity index is 625. The maximum Gasteiger partial charge on any atom is 0.343 e. The second-order valence-electron chi connectivity index (χ2n) is 4.76. The average Bonchev–Trinajstić information content (AvgIpc) is 3.00. The average molecular weight is 302 g/mol. The van der Waals surface area contributed by atoms with E-state index in [1.165, 1.54) is 6.07 Å². The van der Waals surface area contributed by atoms with Gasteiger partial charge in [-0.05, 0) is 18.2 Å². The minimum Gasteiger partial charge on any atom is -0.508 e. The van der Waals surface area contributed by atoms with E-state index < -0.39 is 11.6 Å². The molecule has 5 N–H and O–H groups in total. The summed E-state index contributed by atoms with van der Waals surface area (Å²) in [5.41, 5.74) is -1.01. The minimum absolute atomic E-state index is 0.0261. The molecule has 0 aliphatic carbocycles. The van der Waals surface area contributed by atoms with Gasteiger partial charge in [0.2, 0.25) is 0 Å². The SMILES string of the molecule is O=C(O)C1(c2ccccc2O)NCCN1.Oc1ccccc1. The number of aromatic hydroxyl groups is 2. The molecule has 3 rings (SSSR count). The van der Waals surface area contributed by atoms with Crippen LogP contribution in [0, 0.1) is 0 Å². The van der Waals surface area contributed by atoms with Crippen LogP contribution in [0.5, 0.6) is 11.5 Å². The smallest absolute Gasteiger partial charge is 0.343 e. The number of benzene rings is 2. The molecule has 1 heterocycles. The molecule has 6 heteroatoms. The van der Waals surface area contributed by atoms with Gasteiger partial charge in [-0.1, -0.05) is 36.4 Å². The third kappa shape index (κ3) is 3.36. The van der Waals surface area contributed by atoms with Gasteiger partial charge in [0, 0.05) is 18.7 Å². The fourth-order valence-electron chi connectivity index (χ4n) is 2.24. The summed E-state index contributed by atoms with van der Waals surface area (Å²) in [6.45, 7) is 1.11. The number of hydrogen-bond donors (Lipinski definition) is 5. The molecular weight excluding hydrogens is 284 g/mol. The molecule has 0 aromatic heterocycles. The van der Waals surface area contributed by atoms with Crippen LogP contribution >= 0.6 is 0 Å². The summed E-state index contributed by atoms with van der Waals surface area (Å²) in [5.74, 6) is -0.745. The molecule has 0 bridgehead atoms. The summed E-state index contributed by atoms with van der Waals surface area (Å²) >= 11 is 0. The van der Waals surface area contributed by atoms with Crippen LogP contribution in [-0.2, 0) is 10.5 Å². The highest BCUT2D eigenvalue weighted by Gasteiger charge is 2.44. The predicted octanol–water partition coefficient (Wildman–Crippen LogP) is 1.21. The fraction of sp³-hybridized carbons (Fsp3) is 0.188. The van der Waals surface area contributed by atoms with Crippen molar-refractivity contribution in [2.24, 2.45) is 0 Å². The van der Waals surface area contributed by atoms with Crippen LogP contribution in [-0.4, -0.2) is 34.4 Å². The first-order valence-electron chi connectivity index (χ1n) is 6.82. The van der Waals surface area contributed by atoms with E-state index in [0.717, 1.165) is 0 Å². The summed E-state index contributed by atoms with van der Waals surface area (Å²) in [7, 11) is 0. The summed E-state index contributed by atoms with van der Waals surface area (Å²) in [6.07, 6.45) is 0. The molecule has 0 spiro atoms. The number of nitrogens with one attached hydrogen (secondary N) is 2. The largest absolute Gasteiger partial charge is 0.508 e. The topological polar surface area (TPSA) is 102 Å². The third-order valence-corrected chi connectivity index (χ3v) is 3.29. The van der Waals surface area contributed by atoms with Crippen LogP contribution in [0.3, 0.4) is 0 Å². The highest BCUT2D eigenvalue weighted by molar-refractivity contribution is 5.81. The van der Waals surface area contributed by atoms with Crippen molar-refractivity contribution in [3.8, 4) is 11.5 Å². The second kappa shape index (κ2) is 6.93. The van der Waals surface area contributed by atoms with Crippen LogP contribution in [0.4, 0.5) is 0 Å². The zero-order valence-corrected chi connectivity index (χ0v) is 11.9. The number of carboxylic acids is 1. The fourth-order valence-corrected chi connectivity index (χ4v) is 2.24. The van der Waals surface area contributed by atoms with Crippen LogP contribution in [0.1, 0.15) is 5.56 Å². The van der Waals surface area contributed by atoms with Gasteiger partial charge in [-0.2, -0.15) is 0 Å². The molecule has 1 saturated heterocycles. The number of hydrogen-bond acceptors (Lipinski definition) is 5. The lowest BCUT2D eigenvalue weighted by molar-refractivity contribution is -0.145. The highest BCUT2D eigenvalue weighted by atomic mass is 16.4. The van der Waals surface area contributed by atoms with Gasteiger partial charge in [-0.15, -0.1) is 0 Å². The maximum absolute atomic E-state index is 11.2. The Morgan fingerprint density at radius 1 is 0.909 bits per heavy atom. The van der Waals surface area contributed by atoms with Crippen LogP contribution in [0.2, 0.25) is 0 Å². The first kappa shape index (κ1) is 15.8. The first-order valence-corrected chi connectivity index (χ1v) is 6.82. The van der Waals surface area contributed by atoms with E-state index in [1.54, 1.807) is 42.5 Å². The molecule has 1 aliphatic heterocycles. The lowest BCUT2D eigenvalue weighted by Gasteiger charge is -2.25. The Labute approximate surface area is 128 Å². The molecule has 1 fully saturated rings. The number of phenols is 2. The molecule has 2 aromatic rings. The Balaban J connectivity index is 0.000000211. The summed E-state index contributed by atoms with van der Waals surface area (Å²) in [6, 6.07) is 15.1. The van der Waals surface area contributed by atoms with E-state index in [2.05, 4.69) is 10.6 Å². The molecule has 0 amide bonds. The number of phenolic OH excluding ortho intramolecular Hbond substituents is 2. The Morgan fingerprint density at radius 2 is 1.45 bits per heavy atom. The molecule has 0 saturated carbocycles. The molecule has 6 nitrogen and oxygen atoms in total. The van der Waals surface area contributed by atoms with Gasteiger partial charge in [0.25, 0.3) is 0 Å². The van der Waals surface area contributed by atoms with E-state index >= 15 is 0 Å². The molecular formula is C16H18N2O4. The summed E-state index contributed by atoms with van der Waals surface area (Å²) < 4.78 is 0. The number of carbonyl (C=O) groups is 1. The van der Waals surface area contributed by atoms with Gasteiger partial charge < -0.3 is 15.3 Å². The van der Waals surface area contributed by atoms with E-state index in [-0.39, 0.29) is 5.75 Å². The maximum atomic E-state index is 11.2. The van der Waals surface area contributed by atoms with Crippen molar-refractivity contribution in [3.05, 3.63) is 60.2 Å². The van der Waals surface area contributed by atoms with Crippen molar-refractivity contribution in [2.75, 3.05) is 13.1 Å². The van der Waals surface area contributed by atoms with Gasteiger partial charge in [-0.3, -0.25) is 10.6 Å². The van der Waals surface area contributed by atoms with Crippen molar-refractivity contribution < 1.29 is 20.1 Å². The normalized spacial score (nSPS) is 15.6. The molecule has 2 aromatic carbocycles. The predicted molar refractivity (Wildman–Crippen MR) is 81.5 cm³/mol. The minimum atomic E-state index is -1.36. The highest BCUT2D eigenvalue weighted by Crippen LogP contribution is 2.28. The lowest BCUT2D eigenvalue weighted by atomic mass is 9.99. The van der Waals surface area contributed by atoms with Crippen molar-refractivity contribution >= 4 is 5.97 Å². The van der Waals surface area contributed by atoms with Crippen LogP contribution in [0.15, 0.2) is 54.6 Å². The standard InChI is InChI=1S/C10H12N2O3.C6H6O/c13-8-4-2-1-3-7(8)10(9(14)15)11-5-6-12-10;7-6-4-2-1-3-5-6/h1-4,11-13H,5-6H2,(H,14,15);1-5,7H. The molecule has 0 atom stereocenters. The Kier molecular flexibility index (Phi) is 4.98. The number of rotatable bonds is 2. The Hall–Kier alpha value is -2.57. The molecule has 22 heavy (non-hydrogen) atoms. The summed E-state index contributed by atoms with van der Waals surface area (Å²) in [4.78, 5) is 11.2. The van der Waals surface area contributed by atoms with E-state index in [9.17, 15) is 15.0 Å². The monoisotopic (exact) mass is 302 g/mol. The zero-order chi connectivity index (χ0) is 16.0. The van der Waals surface area contributed by atoms with E-state index in [0.29, 0.717) is 24.4 Å². The number of aliphatic carboxylic acids is 1. The summed E-state index contributed by atoms with van der Waals surface area (Å²) in [5, 5.41) is 33.2. The van der Waals surface area contributed by atoms with E-state index in [4.69, 9.17) is 5.11 Å². The second-order valence-corrected chi connectivity index (χ2v) is 4.76. The van der Waals surface area contributed by atoms with Crippen LogP contribution < -0.4 is 10.6 Å². The third-order valence-electron chi connectivity index (χ3n) is 3.29. The first-order chi connectivity index (χ1) is 10.6. The van der Waals surface area contributed by atoms with Crippen molar-refractivity contribution in [2.45, 2.75) is 5.66 Å². The van der Waals surface area contributed by atoms with Gasteiger partial charge in [0.05, 0.1) is 0 Å². The number of carboxylic acid groups (broad SMARTS) is 1. The van der Waals surface area contributed by atoms with Crippen molar-refractivity contribution in [1.82, 2.24) is 10.6 Å².